The second kappa shape index (κ2) is 7.56. The highest BCUT2D eigenvalue weighted by Crippen LogP contribution is 2.21. The Morgan fingerprint density at radius 3 is 2.36 bits per heavy atom. The van der Waals surface area contributed by atoms with Crippen LogP contribution in [0.25, 0.3) is 0 Å². The molecule has 5 atom stereocenters. The van der Waals surface area contributed by atoms with Crippen LogP contribution in [0.15, 0.2) is 24.3 Å². The molecular formula is C15H18O7. The zero-order chi connectivity index (χ0) is 16.1. The quantitative estimate of drug-likeness (QED) is 0.434. The molecule has 0 saturated carbocycles. The molecule has 1 saturated heterocycles. The van der Waals surface area contributed by atoms with Gasteiger partial charge in [0.15, 0.2) is 6.29 Å². The highest BCUT2D eigenvalue weighted by molar-refractivity contribution is 5.37. The summed E-state index contributed by atoms with van der Waals surface area (Å²) in [6.07, 6.45) is -6.52. The maximum Gasteiger partial charge on any atom is 0.187 e. The summed E-state index contributed by atoms with van der Waals surface area (Å²) in [5.41, 5.74) is 0.676. The fraction of sp³-hybridized carbons (Fsp3) is 0.467. The van der Waals surface area contributed by atoms with E-state index in [1.807, 2.05) is 0 Å². The highest BCUT2D eigenvalue weighted by Gasteiger charge is 2.43. The topological polar surface area (TPSA) is 120 Å². The summed E-state index contributed by atoms with van der Waals surface area (Å²) in [6, 6.07) is 6.28. The van der Waals surface area contributed by atoms with Crippen LogP contribution in [-0.2, 0) is 9.47 Å². The summed E-state index contributed by atoms with van der Waals surface area (Å²) in [6.45, 7) is -0.590. The number of benzene rings is 1. The second-order valence-corrected chi connectivity index (χ2v) is 4.86. The van der Waals surface area contributed by atoms with Crippen molar-refractivity contribution in [1.29, 1.82) is 0 Å². The fourth-order valence-corrected chi connectivity index (χ4v) is 2.01. The number of aromatic hydroxyl groups is 1. The van der Waals surface area contributed by atoms with Gasteiger partial charge >= 0.3 is 0 Å². The number of rotatable bonds is 3. The Hall–Kier alpha value is -1.66. The van der Waals surface area contributed by atoms with E-state index in [4.69, 9.17) is 19.7 Å². The SMILES string of the molecule is OC[C@H]1O[C@H](OCC#Cc2ccc(O)cc2)[C@@H](O)[C@@H](O)[C@@H]1O. The summed E-state index contributed by atoms with van der Waals surface area (Å²) in [5, 5.41) is 47.2. The van der Waals surface area contributed by atoms with Crippen molar-refractivity contribution in [3.05, 3.63) is 29.8 Å². The van der Waals surface area contributed by atoms with Gasteiger partial charge in [-0.15, -0.1) is 0 Å². The first kappa shape index (κ1) is 16.7. The van der Waals surface area contributed by atoms with Crippen LogP contribution in [0.2, 0.25) is 0 Å². The first-order chi connectivity index (χ1) is 10.5. The molecule has 0 spiro atoms. The molecular weight excluding hydrogens is 292 g/mol. The number of phenolic OH excluding ortho intramolecular Hbond substituents is 1. The number of ether oxygens (including phenoxy) is 2. The van der Waals surface area contributed by atoms with E-state index in [0.29, 0.717) is 5.56 Å². The van der Waals surface area contributed by atoms with Crippen molar-refractivity contribution < 1.29 is 35.0 Å². The Morgan fingerprint density at radius 2 is 1.73 bits per heavy atom. The minimum Gasteiger partial charge on any atom is -0.508 e. The van der Waals surface area contributed by atoms with Gasteiger partial charge < -0.3 is 35.0 Å². The lowest BCUT2D eigenvalue weighted by atomic mass is 9.99. The molecule has 120 valence electrons. The second-order valence-electron chi connectivity index (χ2n) is 4.86. The predicted octanol–water partition coefficient (Wildman–Crippen LogP) is -1.44. The smallest absolute Gasteiger partial charge is 0.187 e. The van der Waals surface area contributed by atoms with Crippen molar-refractivity contribution in [2.45, 2.75) is 30.7 Å². The Kier molecular flexibility index (Phi) is 5.74. The Labute approximate surface area is 127 Å². The van der Waals surface area contributed by atoms with Crippen molar-refractivity contribution >= 4 is 0 Å². The molecule has 0 aliphatic carbocycles. The molecule has 0 aromatic heterocycles. The van der Waals surface area contributed by atoms with Crippen molar-refractivity contribution in [2.75, 3.05) is 13.2 Å². The molecule has 1 aromatic rings. The van der Waals surface area contributed by atoms with E-state index in [-0.39, 0.29) is 12.4 Å². The van der Waals surface area contributed by atoms with Gasteiger partial charge in [-0.1, -0.05) is 11.8 Å². The van der Waals surface area contributed by atoms with Crippen LogP contribution in [0.4, 0.5) is 0 Å². The van der Waals surface area contributed by atoms with Crippen LogP contribution < -0.4 is 0 Å². The Balaban J connectivity index is 1.89. The van der Waals surface area contributed by atoms with Gasteiger partial charge in [0.2, 0.25) is 0 Å². The standard InChI is InChI=1S/C15H18O7/c16-8-11-12(18)13(19)14(20)15(22-11)21-7-1-2-9-3-5-10(17)6-4-9/h3-6,11-20H,7-8H2/t11-,12-,13+,14+,15+/m1/s1. The fourth-order valence-electron chi connectivity index (χ4n) is 2.01. The zero-order valence-corrected chi connectivity index (χ0v) is 11.7. The average molecular weight is 310 g/mol. The minimum atomic E-state index is -1.47. The molecule has 5 N–H and O–H groups in total. The van der Waals surface area contributed by atoms with Crippen LogP contribution in [0.1, 0.15) is 5.56 Å². The van der Waals surface area contributed by atoms with E-state index in [1.165, 1.54) is 12.1 Å². The van der Waals surface area contributed by atoms with Crippen LogP contribution >= 0.6 is 0 Å². The number of aliphatic hydroxyl groups is 4. The van der Waals surface area contributed by atoms with Crippen LogP contribution in [0.3, 0.4) is 0 Å². The van der Waals surface area contributed by atoms with Crippen molar-refractivity contribution in [1.82, 2.24) is 0 Å². The summed E-state index contributed by atoms with van der Waals surface area (Å²) in [4.78, 5) is 0. The summed E-state index contributed by atoms with van der Waals surface area (Å²) < 4.78 is 10.4. The minimum absolute atomic E-state index is 0.0798. The van der Waals surface area contributed by atoms with Gasteiger partial charge in [0.25, 0.3) is 0 Å². The first-order valence-corrected chi connectivity index (χ1v) is 6.73. The number of hydrogen-bond donors (Lipinski definition) is 5. The van der Waals surface area contributed by atoms with Crippen molar-refractivity contribution in [3.8, 4) is 17.6 Å². The lowest BCUT2D eigenvalue weighted by molar-refractivity contribution is -0.298. The van der Waals surface area contributed by atoms with E-state index in [0.717, 1.165) is 0 Å². The van der Waals surface area contributed by atoms with E-state index in [1.54, 1.807) is 12.1 Å². The maximum absolute atomic E-state index is 9.75. The van der Waals surface area contributed by atoms with Gasteiger partial charge in [-0.25, -0.2) is 0 Å². The third kappa shape index (κ3) is 3.96. The monoisotopic (exact) mass is 310 g/mol. The number of aliphatic hydroxyl groups excluding tert-OH is 4. The molecule has 1 aliphatic heterocycles. The largest absolute Gasteiger partial charge is 0.508 e. The lowest BCUT2D eigenvalue weighted by Crippen LogP contribution is -2.59. The molecule has 0 bridgehead atoms. The summed E-state index contributed by atoms with van der Waals surface area (Å²) in [7, 11) is 0. The summed E-state index contributed by atoms with van der Waals surface area (Å²) >= 11 is 0. The molecule has 1 aromatic carbocycles. The van der Waals surface area contributed by atoms with Gasteiger partial charge in [-0.2, -0.15) is 0 Å². The van der Waals surface area contributed by atoms with E-state index in [9.17, 15) is 15.3 Å². The molecule has 7 nitrogen and oxygen atoms in total. The molecule has 1 aliphatic rings. The van der Waals surface area contributed by atoms with Crippen LogP contribution in [-0.4, -0.2) is 69.5 Å². The number of hydrogen-bond acceptors (Lipinski definition) is 7. The third-order valence-electron chi connectivity index (χ3n) is 3.27. The number of phenols is 1. The molecule has 0 unspecified atom stereocenters. The molecule has 2 rings (SSSR count). The first-order valence-electron chi connectivity index (χ1n) is 6.73. The Bertz CT molecular complexity index is 531. The van der Waals surface area contributed by atoms with Gasteiger partial charge in [-0.05, 0) is 24.3 Å². The normalized spacial score (nSPS) is 31.4. The maximum atomic E-state index is 9.75. The van der Waals surface area contributed by atoms with E-state index < -0.39 is 37.3 Å². The van der Waals surface area contributed by atoms with E-state index in [2.05, 4.69) is 11.8 Å². The van der Waals surface area contributed by atoms with Crippen molar-refractivity contribution in [3.63, 3.8) is 0 Å². The highest BCUT2D eigenvalue weighted by atomic mass is 16.7. The molecule has 7 heteroatoms. The zero-order valence-electron chi connectivity index (χ0n) is 11.7. The van der Waals surface area contributed by atoms with Gasteiger partial charge in [0, 0.05) is 5.56 Å². The predicted molar refractivity (Wildman–Crippen MR) is 74.7 cm³/mol. The van der Waals surface area contributed by atoms with Gasteiger partial charge in [0.1, 0.15) is 36.8 Å². The molecule has 1 fully saturated rings. The van der Waals surface area contributed by atoms with Crippen LogP contribution in [0.5, 0.6) is 5.75 Å². The van der Waals surface area contributed by atoms with Gasteiger partial charge in [0.05, 0.1) is 6.61 Å². The summed E-state index contributed by atoms with van der Waals surface area (Å²) in [5.74, 6) is 5.62. The molecule has 1 heterocycles. The average Bonchev–Trinajstić information content (AvgIpc) is 2.53. The molecule has 22 heavy (non-hydrogen) atoms. The van der Waals surface area contributed by atoms with Gasteiger partial charge in [-0.3, -0.25) is 0 Å². The Morgan fingerprint density at radius 1 is 1.05 bits per heavy atom. The molecule has 0 amide bonds. The third-order valence-corrected chi connectivity index (χ3v) is 3.27. The van der Waals surface area contributed by atoms with Crippen molar-refractivity contribution in [2.24, 2.45) is 0 Å². The molecule has 0 radical (unpaired) electrons. The lowest BCUT2D eigenvalue weighted by Gasteiger charge is -2.39. The van der Waals surface area contributed by atoms with E-state index >= 15 is 0 Å². The van der Waals surface area contributed by atoms with Crippen LogP contribution in [0, 0.1) is 11.8 Å².